The minimum Gasteiger partial charge on any atom is -0.456 e. The molecule has 256 valence electrons. The van der Waals surface area contributed by atoms with Crippen LogP contribution in [0.5, 0.6) is 11.5 Å². The monoisotopic (exact) mass is 700 g/mol. The van der Waals surface area contributed by atoms with Gasteiger partial charge in [-0.15, -0.1) is 0 Å². The van der Waals surface area contributed by atoms with Gasteiger partial charge in [0.25, 0.3) is 0 Å². The standard InChI is InChI=1S/C52H32N2O/c1-3-13-33(14-4-1)34-25-28-37(29-26-34)54-46-31-35(38-19-12-23-45-50(38)41-18-7-9-22-44(41)53(45)36-15-5-2-6-16-36)27-30-42(46)51-43-21-11-20-40-39-17-8-10-24-48(39)55-49(52(40)43)32-47(51)54/h1-32H. The maximum Gasteiger partial charge on any atom is 0.138 e. The number of nitrogens with zero attached hydrogens (tertiary/aromatic N) is 2. The maximum atomic E-state index is 6.73. The molecular weight excluding hydrogens is 669 g/mol. The second-order valence-corrected chi connectivity index (χ2v) is 14.5. The van der Waals surface area contributed by atoms with Crippen molar-refractivity contribution in [3.05, 3.63) is 194 Å². The van der Waals surface area contributed by atoms with Crippen LogP contribution in [0.25, 0.3) is 99.1 Å². The van der Waals surface area contributed by atoms with E-state index in [0.29, 0.717) is 0 Å². The van der Waals surface area contributed by atoms with Crippen molar-refractivity contribution in [1.82, 2.24) is 9.13 Å². The summed E-state index contributed by atoms with van der Waals surface area (Å²) in [6.07, 6.45) is 0. The fourth-order valence-corrected chi connectivity index (χ4v) is 9.15. The minimum absolute atomic E-state index is 0.889. The fourth-order valence-electron chi connectivity index (χ4n) is 9.15. The summed E-state index contributed by atoms with van der Waals surface area (Å²) in [4.78, 5) is 0. The van der Waals surface area contributed by atoms with Crippen molar-refractivity contribution in [3.63, 3.8) is 0 Å². The molecule has 3 heterocycles. The maximum absolute atomic E-state index is 6.73. The highest BCUT2D eigenvalue weighted by atomic mass is 16.5. The predicted octanol–water partition coefficient (Wildman–Crippen LogP) is 14.1. The van der Waals surface area contributed by atoms with E-state index in [4.69, 9.17) is 4.74 Å². The Morgan fingerprint density at radius 3 is 1.76 bits per heavy atom. The van der Waals surface area contributed by atoms with E-state index in [-0.39, 0.29) is 0 Å². The van der Waals surface area contributed by atoms with Crippen molar-refractivity contribution in [2.45, 2.75) is 0 Å². The fraction of sp³-hybridized carbons (Fsp3) is 0. The van der Waals surface area contributed by atoms with Crippen LogP contribution in [0.3, 0.4) is 0 Å². The zero-order chi connectivity index (χ0) is 36.0. The molecule has 2 aromatic heterocycles. The van der Waals surface area contributed by atoms with Crippen LogP contribution in [-0.2, 0) is 0 Å². The predicted molar refractivity (Wildman–Crippen MR) is 229 cm³/mol. The van der Waals surface area contributed by atoms with Gasteiger partial charge in [-0.05, 0) is 81.7 Å². The zero-order valence-electron chi connectivity index (χ0n) is 29.8. The molecule has 0 aliphatic carbocycles. The number of hydrogen-bond acceptors (Lipinski definition) is 1. The second kappa shape index (κ2) is 11.6. The van der Waals surface area contributed by atoms with Crippen molar-refractivity contribution in [2.75, 3.05) is 0 Å². The molecule has 0 fully saturated rings. The Kier molecular flexibility index (Phi) is 6.34. The minimum atomic E-state index is 0.889. The summed E-state index contributed by atoms with van der Waals surface area (Å²) in [6, 6.07) is 70.1. The van der Waals surface area contributed by atoms with Gasteiger partial charge in [-0.1, -0.05) is 140 Å². The van der Waals surface area contributed by atoms with Gasteiger partial charge in [-0.2, -0.15) is 0 Å². The van der Waals surface area contributed by atoms with Crippen LogP contribution in [0.15, 0.2) is 194 Å². The number of benzene rings is 9. The smallest absolute Gasteiger partial charge is 0.138 e. The molecule has 9 aromatic carbocycles. The van der Waals surface area contributed by atoms with Gasteiger partial charge in [0.2, 0.25) is 0 Å². The number of hydrogen-bond donors (Lipinski definition) is 0. The third-order valence-corrected chi connectivity index (χ3v) is 11.5. The molecule has 1 aliphatic rings. The molecule has 0 saturated heterocycles. The molecule has 0 amide bonds. The molecule has 3 heteroatoms. The van der Waals surface area contributed by atoms with Gasteiger partial charge in [0.15, 0.2) is 0 Å². The lowest BCUT2D eigenvalue weighted by Crippen LogP contribution is -1.99. The van der Waals surface area contributed by atoms with Gasteiger partial charge in [0.05, 0.1) is 22.1 Å². The van der Waals surface area contributed by atoms with Crippen LogP contribution < -0.4 is 4.74 Å². The largest absolute Gasteiger partial charge is 0.456 e. The molecule has 0 N–H and O–H groups in total. The second-order valence-electron chi connectivity index (χ2n) is 14.5. The van der Waals surface area contributed by atoms with Crippen molar-refractivity contribution in [3.8, 4) is 56.3 Å². The van der Waals surface area contributed by atoms with Crippen LogP contribution in [0.4, 0.5) is 0 Å². The highest BCUT2D eigenvalue weighted by Gasteiger charge is 2.25. The first-order valence-electron chi connectivity index (χ1n) is 18.9. The molecule has 0 spiro atoms. The molecule has 0 radical (unpaired) electrons. The molecule has 11 aromatic rings. The van der Waals surface area contributed by atoms with E-state index in [1.54, 1.807) is 0 Å². The van der Waals surface area contributed by atoms with E-state index < -0.39 is 0 Å². The third kappa shape index (κ3) is 4.38. The molecule has 3 nitrogen and oxygen atoms in total. The van der Waals surface area contributed by atoms with Gasteiger partial charge in [0, 0.05) is 49.9 Å². The van der Waals surface area contributed by atoms with Gasteiger partial charge in [-0.3, -0.25) is 0 Å². The summed E-state index contributed by atoms with van der Waals surface area (Å²) in [6.45, 7) is 0. The molecule has 1 aliphatic heterocycles. The van der Waals surface area contributed by atoms with E-state index in [1.807, 2.05) is 6.07 Å². The molecule has 0 saturated carbocycles. The SMILES string of the molecule is c1ccc(-c2ccc(-n3c4cc(-c5cccc6c5c5ccccc5n6-c5ccccc5)ccc4c4c5cccc6c5c(cc43)Oc3ccccc3-6)cc2)cc1. The average molecular weight is 701 g/mol. The van der Waals surface area contributed by atoms with Crippen LogP contribution >= 0.6 is 0 Å². The first kappa shape index (κ1) is 30.1. The topological polar surface area (TPSA) is 19.1 Å². The lowest BCUT2D eigenvalue weighted by atomic mass is 9.92. The zero-order valence-corrected chi connectivity index (χ0v) is 29.8. The van der Waals surface area contributed by atoms with E-state index in [2.05, 4.69) is 197 Å². The third-order valence-electron chi connectivity index (χ3n) is 11.5. The summed E-state index contributed by atoms with van der Waals surface area (Å²) in [5.41, 5.74) is 14.1. The average Bonchev–Trinajstić information content (AvgIpc) is 3.77. The number of aromatic nitrogens is 2. The molecule has 55 heavy (non-hydrogen) atoms. The van der Waals surface area contributed by atoms with E-state index in [9.17, 15) is 0 Å². The summed E-state index contributed by atoms with van der Waals surface area (Å²) >= 11 is 0. The summed E-state index contributed by atoms with van der Waals surface area (Å²) in [7, 11) is 0. The first-order valence-corrected chi connectivity index (χ1v) is 18.9. The van der Waals surface area contributed by atoms with Crippen molar-refractivity contribution in [1.29, 1.82) is 0 Å². The van der Waals surface area contributed by atoms with E-state index in [1.165, 1.54) is 65.8 Å². The van der Waals surface area contributed by atoms with E-state index in [0.717, 1.165) is 44.9 Å². The molecule has 12 rings (SSSR count). The van der Waals surface area contributed by atoms with E-state index >= 15 is 0 Å². The first-order chi connectivity index (χ1) is 27.3. The quantitative estimate of drug-likeness (QED) is 0.179. The van der Waals surface area contributed by atoms with Crippen LogP contribution in [-0.4, -0.2) is 9.13 Å². The number of ether oxygens (including phenoxy) is 1. The van der Waals surface area contributed by atoms with Crippen molar-refractivity contribution in [2.24, 2.45) is 0 Å². The lowest BCUT2D eigenvalue weighted by molar-refractivity contribution is 0.487. The van der Waals surface area contributed by atoms with Crippen LogP contribution in [0.2, 0.25) is 0 Å². The summed E-state index contributed by atoms with van der Waals surface area (Å²) < 4.78 is 11.6. The normalized spacial score (nSPS) is 12.1. The molecule has 0 unspecified atom stereocenters. The van der Waals surface area contributed by atoms with Crippen molar-refractivity contribution < 1.29 is 4.74 Å². The molecular formula is C52H32N2O. The van der Waals surface area contributed by atoms with Gasteiger partial charge < -0.3 is 13.9 Å². The number of rotatable bonds is 4. The Bertz CT molecular complexity index is 3320. The number of para-hydroxylation sites is 3. The summed E-state index contributed by atoms with van der Waals surface area (Å²) in [5, 5.41) is 7.31. The Morgan fingerprint density at radius 1 is 0.291 bits per heavy atom. The van der Waals surface area contributed by atoms with Gasteiger partial charge in [0.1, 0.15) is 11.5 Å². The van der Waals surface area contributed by atoms with Crippen LogP contribution in [0.1, 0.15) is 0 Å². The molecule has 0 atom stereocenters. The van der Waals surface area contributed by atoms with Crippen LogP contribution in [0, 0.1) is 0 Å². The Balaban J connectivity index is 1.16. The van der Waals surface area contributed by atoms with Gasteiger partial charge >= 0.3 is 0 Å². The Hall–Kier alpha value is -7.36. The lowest BCUT2D eigenvalue weighted by Gasteiger charge is -2.22. The highest BCUT2D eigenvalue weighted by molar-refractivity contribution is 6.26. The van der Waals surface area contributed by atoms with Crippen molar-refractivity contribution >= 4 is 54.4 Å². The Labute approximate surface area is 317 Å². The molecule has 0 bridgehead atoms. The summed E-state index contributed by atoms with van der Waals surface area (Å²) in [5.74, 6) is 1.78. The van der Waals surface area contributed by atoms with Gasteiger partial charge in [-0.25, -0.2) is 0 Å². The highest BCUT2D eigenvalue weighted by Crippen LogP contribution is 2.51. The Morgan fingerprint density at radius 2 is 0.891 bits per heavy atom. The number of fused-ring (bicyclic) bond motifs is 9.